The summed E-state index contributed by atoms with van der Waals surface area (Å²) in [6.45, 7) is 5.46. The third kappa shape index (κ3) is 3.60. The molecule has 0 radical (unpaired) electrons. The molecule has 7 nitrogen and oxygen atoms in total. The van der Waals surface area contributed by atoms with Crippen molar-refractivity contribution < 1.29 is 4.79 Å². The largest absolute Gasteiger partial charge is 0.341 e. The van der Waals surface area contributed by atoms with Crippen LogP contribution in [0.2, 0.25) is 0 Å². The van der Waals surface area contributed by atoms with Gasteiger partial charge in [0.1, 0.15) is 11.6 Å². The summed E-state index contributed by atoms with van der Waals surface area (Å²) in [5.41, 5.74) is 1.11. The standard InChI is InChI=1S/C16H24N6O/c1-12-18-13(2)22(19-12)15-5-4-8-21(11-15)16(23)7-6-14-9-17-20(3)10-14/h9-10,15H,4-8,11H2,1-3H3/t15-/m0/s1. The molecular formula is C16H24N6O. The van der Waals surface area contributed by atoms with Crippen molar-refractivity contribution in [1.29, 1.82) is 0 Å². The fourth-order valence-corrected chi connectivity index (χ4v) is 3.27. The van der Waals surface area contributed by atoms with Crippen LogP contribution in [0.4, 0.5) is 0 Å². The van der Waals surface area contributed by atoms with Crippen molar-refractivity contribution in [3.05, 3.63) is 29.6 Å². The van der Waals surface area contributed by atoms with E-state index in [0.29, 0.717) is 6.42 Å². The first-order chi connectivity index (χ1) is 11.0. The van der Waals surface area contributed by atoms with Gasteiger partial charge in [0, 0.05) is 32.8 Å². The lowest BCUT2D eigenvalue weighted by Crippen LogP contribution is -2.41. The first-order valence-corrected chi connectivity index (χ1v) is 8.18. The van der Waals surface area contributed by atoms with Crippen LogP contribution in [0.15, 0.2) is 12.4 Å². The predicted molar refractivity (Wildman–Crippen MR) is 85.9 cm³/mol. The molecule has 0 aliphatic carbocycles. The van der Waals surface area contributed by atoms with Gasteiger partial charge in [-0.1, -0.05) is 0 Å². The topological polar surface area (TPSA) is 68.8 Å². The van der Waals surface area contributed by atoms with Crippen LogP contribution in [0, 0.1) is 13.8 Å². The van der Waals surface area contributed by atoms with Crippen molar-refractivity contribution in [2.24, 2.45) is 7.05 Å². The Kier molecular flexibility index (Phi) is 4.45. The molecule has 0 aromatic carbocycles. The van der Waals surface area contributed by atoms with Crippen molar-refractivity contribution in [2.45, 2.75) is 45.6 Å². The zero-order chi connectivity index (χ0) is 16.4. The third-order valence-electron chi connectivity index (χ3n) is 4.39. The van der Waals surface area contributed by atoms with Gasteiger partial charge in [0.05, 0.1) is 12.2 Å². The van der Waals surface area contributed by atoms with Gasteiger partial charge in [-0.25, -0.2) is 9.67 Å². The van der Waals surface area contributed by atoms with Gasteiger partial charge in [0.25, 0.3) is 0 Å². The van der Waals surface area contributed by atoms with E-state index < -0.39 is 0 Å². The summed E-state index contributed by atoms with van der Waals surface area (Å²) in [5, 5.41) is 8.62. The van der Waals surface area contributed by atoms with Crippen LogP contribution >= 0.6 is 0 Å². The van der Waals surface area contributed by atoms with E-state index >= 15 is 0 Å². The molecule has 0 N–H and O–H groups in total. The molecule has 1 aliphatic rings. The second-order valence-corrected chi connectivity index (χ2v) is 6.31. The fraction of sp³-hybridized carbons (Fsp3) is 0.625. The van der Waals surface area contributed by atoms with Crippen LogP contribution in [0.3, 0.4) is 0 Å². The molecule has 3 heterocycles. The molecule has 0 bridgehead atoms. The lowest BCUT2D eigenvalue weighted by Gasteiger charge is -2.33. The Morgan fingerprint density at radius 1 is 1.39 bits per heavy atom. The van der Waals surface area contributed by atoms with Crippen molar-refractivity contribution in [3.63, 3.8) is 0 Å². The maximum Gasteiger partial charge on any atom is 0.222 e. The van der Waals surface area contributed by atoms with Gasteiger partial charge in [0.15, 0.2) is 0 Å². The first kappa shape index (κ1) is 15.7. The third-order valence-corrected chi connectivity index (χ3v) is 4.39. The molecule has 23 heavy (non-hydrogen) atoms. The number of hydrogen-bond acceptors (Lipinski definition) is 4. The van der Waals surface area contributed by atoms with Gasteiger partial charge >= 0.3 is 0 Å². The maximum absolute atomic E-state index is 12.5. The Bertz CT molecular complexity index is 689. The van der Waals surface area contributed by atoms with E-state index in [2.05, 4.69) is 15.2 Å². The molecule has 2 aromatic heterocycles. The Morgan fingerprint density at radius 3 is 2.87 bits per heavy atom. The van der Waals surface area contributed by atoms with Crippen molar-refractivity contribution in [3.8, 4) is 0 Å². The summed E-state index contributed by atoms with van der Waals surface area (Å²) < 4.78 is 3.75. The first-order valence-electron chi connectivity index (χ1n) is 8.18. The van der Waals surface area contributed by atoms with E-state index in [1.165, 1.54) is 0 Å². The monoisotopic (exact) mass is 316 g/mol. The maximum atomic E-state index is 12.5. The van der Waals surface area contributed by atoms with E-state index in [9.17, 15) is 4.79 Å². The van der Waals surface area contributed by atoms with Crippen molar-refractivity contribution >= 4 is 5.91 Å². The molecule has 0 spiro atoms. The SMILES string of the molecule is Cc1nc(C)n([C@H]2CCCN(C(=O)CCc3cnn(C)c3)C2)n1. The highest BCUT2D eigenvalue weighted by molar-refractivity contribution is 5.76. The van der Waals surface area contributed by atoms with Gasteiger partial charge in [-0.3, -0.25) is 9.48 Å². The number of hydrogen-bond donors (Lipinski definition) is 0. The minimum Gasteiger partial charge on any atom is -0.341 e. The molecule has 1 aliphatic heterocycles. The average molecular weight is 316 g/mol. The Hall–Kier alpha value is -2.18. The van der Waals surface area contributed by atoms with E-state index in [-0.39, 0.29) is 11.9 Å². The smallest absolute Gasteiger partial charge is 0.222 e. The molecule has 7 heteroatoms. The van der Waals surface area contributed by atoms with E-state index in [1.54, 1.807) is 4.68 Å². The normalized spacial score (nSPS) is 18.4. The van der Waals surface area contributed by atoms with E-state index in [0.717, 1.165) is 49.6 Å². The Balaban J connectivity index is 1.59. The van der Waals surface area contributed by atoms with Crippen LogP contribution in [-0.2, 0) is 18.3 Å². The van der Waals surface area contributed by atoms with E-state index in [4.69, 9.17) is 0 Å². The van der Waals surface area contributed by atoms with Gasteiger partial charge in [0.2, 0.25) is 5.91 Å². The summed E-state index contributed by atoms with van der Waals surface area (Å²) >= 11 is 0. The quantitative estimate of drug-likeness (QED) is 0.855. The molecule has 0 saturated carbocycles. The zero-order valence-corrected chi connectivity index (χ0v) is 14.1. The number of aryl methyl sites for hydroxylation is 4. The summed E-state index contributed by atoms with van der Waals surface area (Å²) in [4.78, 5) is 18.8. The molecule has 2 aromatic rings. The second kappa shape index (κ2) is 6.52. The summed E-state index contributed by atoms with van der Waals surface area (Å²) in [6.07, 6.45) is 7.14. The minimum atomic E-state index is 0.216. The minimum absolute atomic E-state index is 0.216. The van der Waals surface area contributed by atoms with Crippen molar-refractivity contribution in [2.75, 3.05) is 13.1 Å². The van der Waals surface area contributed by atoms with Crippen LogP contribution in [0.5, 0.6) is 0 Å². The number of rotatable bonds is 4. The predicted octanol–water partition coefficient (Wildman–Crippen LogP) is 1.42. The van der Waals surface area contributed by atoms with Crippen LogP contribution < -0.4 is 0 Å². The number of carbonyl (C=O) groups excluding carboxylic acids is 1. The molecule has 1 saturated heterocycles. The molecular weight excluding hydrogens is 292 g/mol. The molecule has 124 valence electrons. The summed E-state index contributed by atoms with van der Waals surface area (Å²) in [7, 11) is 1.89. The van der Waals surface area contributed by atoms with Crippen LogP contribution in [0.1, 0.15) is 42.5 Å². The number of carbonyl (C=O) groups is 1. The summed E-state index contributed by atoms with van der Waals surface area (Å²) in [6, 6.07) is 0.243. The highest BCUT2D eigenvalue weighted by Gasteiger charge is 2.26. The average Bonchev–Trinajstić information content (AvgIpc) is 3.10. The van der Waals surface area contributed by atoms with Crippen LogP contribution in [-0.4, -0.2) is 48.4 Å². The fourth-order valence-electron chi connectivity index (χ4n) is 3.27. The van der Waals surface area contributed by atoms with Crippen molar-refractivity contribution in [1.82, 2.24) is 29.4 Å². The Morgan fingerprint density at radius 2 is 2.22 bits per heavy atom. The molecule has 1 fully saturated rings. The Labute approximate surface area is 136 Å². The van der Waals surface area contributed by atoms with Gasteiger partial charge < -0.3 is 4.90 Å². The van der Waals surface area contributed by atoms with Gasteiger partial charge in [-0.15, -0.1) is 0 Å². The lowest BCUT2D eigenvalue weighted by atomic mass is 10.0. The molecule has 0 unspecified atom stereocenters. The number of amides is 1. The highest BCUT2D eigenvalue weighted by Crippen LogP contribution is 2.22. The second-order valence-electron chi connectivity index (χ2n) is 6.31. The number of piperidine rings is 1. The zero-order valence-electron chi connectivity index (χ0n) is 14.1. The van der Waals surface area contributed by atoms with Crippen LogP contribution in [0.25, 0.3) is 0 Å². The summed E-state index contributed by atoms with van der Waals surface area (Å²) in [5.74, 6) is 1.94. The van der Waals surface area contributed by atoms with Gasteiger partial charge in [-0.05, 0) is 38.7 Å². The number of aromatic nitrogens is 5. The lowest BCUT2D eigenvalue weighted by molar-refractivity contribution is -0.132. The van der Waals surface area contributed by atoms with Gasteiger partial charge in [-0.2, -0.15) is 10.2 Å². The number of likely N-dealkylation sites (tertiary alicyclic amines) is 1. The molecule has 1 amide bonds. The number of nitrogens with zero attached hydrogens (tertiary/aromatic N) is 6. The highest BCUT2D eigenvalue weighted by atomic mass is 16.2. The molecule has 3 rings (SSSR count). The van der Waals surface area contributed by atoms with E-state index in [1.807, 2.05) is 42.9 Å². The molecule has 1 atom stereocenters.